The topological polar surface area (TPSA) is 65.6 Å². The summed E-state index contributed by atoms with van der Waals surface area (Å²) in [5.41, 5.74) is 0.439. The highest BCUT2D eigenvalue weighted by molar-refractivity contribution is 6.34. The molecular formula is C13H12ClN5O. The molecule has 0 spiro atoms. The fraction of sp³-hybridized carbons (Fsp3) is 0.231. The molecule has 1 aromatic carbocycles. The van der Waals surface area contributed by atoms with Crippen LogP contribution in [0, 0.1) is 0 Å². The van der Waals surface area contributed by atoms with E-state index >= 15 is 0 Å². The van der Waals surface area contributed by atoms with E-state index in [0.717, 1.165) is 5.82 Å². The third-order valence-corrected chi connectivity index (χ3v) is 3.49. The second kappa shape index (κ2) is 5.05. The van der Waals surface area contributed by atoms with Crippen LogP contribution in [0.4, 0.5) is 0 Å². The number of aromatic nitrogens is 5. The van der Waals surface area contributed by atoms with Crippen molar-refractivity contribution in [3.05, 3.63) is 52.1 Å². The molecule has 0 saturated carbocycles. The minimum atomic E-state index is -0.0975. The van der Waals surface area contributed by atoms with E-state index in [9.17, 15) is 4.79 Å². The van der Waals surface area contributed by atoms with Gasteiger partial charge in [0.1, 0.15) is 12.2 Å². The van der Waals surface area contributed by atoms with Gasteiger partial charge in [-0.15, -0.1) is 10.2 Å². The Balaban J connectivity index is 1.95. The van der Waals surface area contributed by atoms with Crippen LogP contribution in [-0.4, -0.2) is 24.3 Å². The first-order valence-corrected chi connectivity index (χ1v) is 6.51. The Labute approximate surface area is 119 Å². The van der Waals surface area contributed by atoms with E-state index in [-0.39, 0.29) is 5.56 Å². The zero-order chi connectivity index (χ0) is 14.1. The largest absolute Gasteiger partial charge is 0.321 e. The molecule has 0 aliphatic carbocycles. The lowest BCUT2D eigenvalue weighted by Gasteiger charge is -2.06. The summed E-state index contributed by atoms with van der Waals surface area (Å²) < 4.78 is 3.39. The quantitative estimate of drug-likeness (QED) is 0.731. The Hall–Kier alpha value is -2.21. The van der Waals surface area contributed by atoms with Crippen LogP contribution in [-0.2, 0) is 20.0 Å². The number of hydrogen-bond donors (Lipinski definition) is 0. The van der Waals surface area contributed by atoms with Crippen molar-refractivity contribution < 1.29 is 0 Å². The predicted octanol–water partition coefficient (Wildman–Crippen LogP) is 1.42. The van der Waals surface area contributed by atoms with Crippen LogP contribution in [0.5, 0.6) is 0 Å². The first kappa shape index (κ1) is 12.8. The van der Waals surface area contributed by atoms with Crippen LogP contribution in [0.3, 0.4) is 0 Å². The summed E-state index contributed by atoms with van der Waals surface area (Å²) in [6.07, 6.45) is 3.77. The molecule has 2 aromatic heterocycles. The molecule has 2 heterocycles. The van der Waals surface area contributed by atoms with Crippen LogP contribution < -0.4 is 5.56 Å². The Morgan fingerprint density at radius 3 is 2.90 bits per heavy atom. The van der Waals surface area contributed by atoms with Crippen LogP contribution in [0.25, 0.3) is 10.9 Å². The van der Waals surface area contributed by atoms with Crippen LogP contribution in [0.1, 0.15) is 5.82 Å². The van der Waals surface area contributed by atoms with Crippen molar-refractivity contribution in [3.63, 3.8) is 0 Å². The molecule has 6 nitrogen and oxygen atoms in total. The number of rotatable bonds is 3. The minimum absolute atomic E-state index is 0.0975. The molecule has 0 amide bonds. The monoisotopic (exact) mass is 289 g/mol. The number of aryl methyl sites for hydroxylation is 3. The molecule has 0 aliphatic heterocycles. The summed E-state index contributed by atoms with van der Waals surface area (Å²) in [5, 5.41) is 8.82. The summed E-state index contributed by atoms with van der Waals surface area (Å²) >= 11 is 6.03. The summed E-state index contributed by atoms with van der Waals surface area (Å²) in [6, 6.07) is 5.20. The van der Waals surface area contributed by atoms with E-state index in [1.807, 2.05) is 11.6 Å². The van der Waals surface area contributed by atoms with E-state index in [2.05, 4.69) is 15.2 Å². The van der Waals surface area contributed by atoms with Gasteiger partial charge < -0.3 is 4.57 Å². The second-order valence-corrected chi connectivity index (χ2v) is 4.89. The zero-order valence-corrected chi connectivity index (χ0v) is 11.6. The highest BCUT2D eigenvalue weighted by Gasteiger charge is 2.08. The molecule has 0 atom stereocenters. The molecule has 0 fully saturated rings. The van der Waals surface area contributed by atoms with Gasteiger partial charge in [-0.1, -0.05) is 17.7 Å². The second-order valence-electron chi connectivity index (χ2n) is 4.49. The molecule has 20 heavy (non-hydrogen) atoms. The van der Waals surface area contributed by atoms with Gasteiger partial charge in [0.2, 0.25) is 0 Å². The molecule has 7 heteroatoms. The molecule has 0 aliphatic rings. The summed E-state index contributed by atoms with van der Waals surface area (Å²) in [5.74, 6) is 0.822. The zero-order valence-electron chi connectivity index (χ0n) is 10.8. The average Bonchev–Trinajstić information content (AvgIpc) is 2.84. The lowest BCUT2D eigenvalue weighted by molar-refractivity contribution is 0.626. The summed E-state index contributed by atoms with van der Waals surface area (Å²) in [6.45, 7) is 0.501. The van der Waals surface area contributed by atoms with Gasteiger partial charge in [0.15, 0.2) is 0 Å². The van der Waals surface area contributed by atoms with Gasteiger partial charge in [0.25, 0.3) is 5.56 Å². The molecule has 0 unspecified atom stereocenters. The fourth-order valence-corrected chi connectivity index (χ4v) is 2.29. The Bertz CT molecular complexity index is 823. The molecule has 3 aromatic rings. The van der Waals surface area contributed by atoms with Crippen molar-refractivity contribution in [2.45, 2.75) is 13.0 Å². The van der Waals surface area contributed by atoms with Crippen LogP contribution >= 0.6 is 11.6 Å². The minimum Gasteiger partial charge on any atom is -0.321 e. The van der Waals surface area contributed by atoms with Crippen molar-refractivity contribution in [1.29, 1.82) is 0 Å². The maximum absolute atomic E-state index is 12.3. The first-order chi connectivity index (χ1) is 9.66. The molecule has 0 saturated heterocycles. The van der Waals surface area contributed by atoms with Gasteiger partial charge in [-0.2, -0.15) is 0 Å². The van der Waals surface area contributed by atoms with Gasteiger partial charge in [-0.25, -0.2) is 4.98 Å². The van der Waals surface area contributed by atoms with Gasteiger partial charge in [-0.05, 0) is 12.1 Å². The van der Waals surface area contributed by atoms with Crippen molar-refractivity contribution in [3.8, 4) is 0 Å². The average molecular weight is 290 g/mol. The van der Waals surface area contributed by atoms with Crippen LogP contribution in [0.2, 0.25) is 5.02 Å². The maximum atomic E-state index is 12.3. The number of nitrogens with zero attached hydrogens (tertiary/aromatic N) is 5. The SMILES string of the molecule is Cn1cnnc1CCn1cnc2c(Cl)cccc2c1=O. The van der Waals surface area contributed by atoms with E-state index in [1.54, 1.807) is 29.1 Å². The standard InChI is InChI=1S/C13H12ClN5O/c1-18-8-16-17-11(18)5-6-19-7-15-12-9(13(19)20)3-2-4-10(12)14/h2-4,7-8H,5-6H2,1H3. The van der Waals surface area contributed by atoms with Crippen LogP contribution in [0.15, 0.2) is 35.6 Å². The van der Waals surface area contributed by atoms with E-state index in [0.29, 0.717) is 28.9 Å². The van der Waals surface area contributed by atoms with E-state index < -0.39 is 0 Å². The Morgan fingerprint density at radius 1 is 1.30 bits per heavy atom. The smallest absolute Gasteiger partial charge is 0.261 e. The van der Waals surface area contributed by atoms with Crippen molar-refractivity contribution in [2.75, 3.05) is 0 Å². The van der Waals surface area contributed by atoms with Gasteiger partial charge in [0.05, 0.1) is 22.3 Å². The van der Waals surface area contributed by atoms with Crippen molar-refractivity contribution >= 4 is 22.5 Å². The first-order valence-electron chi connectivity index (χ1n) is 6.13. The third kappa shape index (κ3) is 2.18. The fourth-order valence-electron chi connectivity index (χ4n) is 2.07. The number of hydrogen-bond acceptors (Lipinski definition) is 4. The van der Waals surface area contributed by atoms with Gasteiger partial charge >= 0.3 is 0 Å². The third-order valence-electron chi connectivity index (χ3n) is 3.19. The lowest BCUT2D eigenvalue weighted by Crippen LogP contribution is -2.22. The molecule has 102 valence electrons. The highest BCUT2D eigenvalue weighted by Crippen LogP contribution is 2.17. The number of fused-ring (bicyclic) bond motifs is 1. The molecule has 0 radical (unpaired) electrons. The van der Waals surface area contributed by atoms with Crippen molar-refractivity contribution in [1.82, 2.24) is 24.3 Å². The van der Waals surface area contributed by atoms with Crippen molar-refractivity contribution in [2.24, 2.45) is 7.05 Å². The van der Waals surface area contributed by atoms with E-state index in [4.69, 9.17) is 11.6 Å². The maximum Gasteiger partial charge on any atom is 0.261 e. The van der Waals surface area contributed by atoms with Gasteiger partial charge in [0, 0.05) is 20.0 Å². The number of para-hydroxylation sites is 1. The summed E-state index contributed by atoms with van der Waals surface area (Å²) in [4.78, 5) is 16.6. The Morgan fingerprint density at radius 2 is 2.15 bits per heavy atom. The van der Waals surface area contributed by atoms with Gasteiger partial charge in [-0.3, -0.25) is 9.36 Å². The normalized spacial score (nSPS) is 11.1. The molecule has 0 bridgehead atoms. The molecule has 0 N–H and O–H groups in total. The lowest BCUT2D eigenvalue weighted by atomic mass is 10.2. The number of halogens is 1. The summed E-state index contributed by atoms with van der Waals surface area (Å²) in [7, 11) is 1.87. The van der Waals surface area contributed by atoms with E-state index in [1.165, 1.54) is 6.33 Å². The number of benzene rings is 1. The Kier molecular flexibility index (Phi) is 3.23. The molecule has 3 rings (SSSR count). The molecular weight excluding hydrogens is 278 g/mol. The predicted molar refractivity (Wildman–Crippen MR) is 75.7 cm³/mol. The highest BCUT2D eigenvalue weighted by atomic mass is 35.5.